The molecule has 270 valence electrons. The molecule has 0 aliphatic carbocycles. The van der Waals surface area contributed by atoms with Gasteiger partial charge in [-0.25, -0.2) is 5.48 Å². The molecule has 5 N–H and O–H groups in total. The van der Waals surface area contributed by atoms with Crippen molar-refractivity contribution in [2.24, 2.45) is 0 Å². The van der Waals surface area contributed by atoms with Crippen LogP contribution < -0.4 is 21.4 Å². The van der Waals surface area contributed by atoms with Crippen molar-refractivity contribution < 1.29 is 43.4 Å². The molecule has 50 heavy (non-hydrogen) atoms. The molecule has 2 aromatic rings. The van der Waals surface area contributed by atoms with E-state index in [4.69, 9.17) is 14.7 Å². The van der Waals surface area contributed by atoms with Crippen LogP contribution in [-0.4, -0.2) is 103 Å². The number of amides is 6. The number of benzene rings is 2. The van der Waals surface area contributed by atoms with Gasteiger partial charge in [-0.05, 0) is 56.1 Å². The van der Waals surface area contributed by atoms with Crippen LogP contribution in [0.1, 0.15) is 77.6 Å². The summed E-state index contributed by atoms with van der Waals surface area (Å²) in [6, 6.07) is 11.6. The van der Waals surface area contributed by atoms with E-state index in [-0.39, 0.29) is 36.3 Å². The summed E-state index contributed by atoms with van der Waals surface area (Å²) in [6.07, 6.45) is 3.93. The molecule has 0 aromatic heterocycles. The summed E-state index contributed by atoms with van der Waals surface area (Å²) in [5.74, 6) is -2.62. The van der Waals surface area contributed by atoms with Crippen molar-refractivity contribution in [2.45, 2.75) is 64.0 Å². The monoisotopic (exact) mass is 694 g/mol. The number of ether oxygens (including phenoxy) is 2. The Bertz CT molecular complexity index is 1520. The third-order valence-corrected chi connectivity index (χ3v) is 8.39. The van der Waals surface area contributed by atoms with Crippen LogP contribution >= 0.6 is 0 Å². The van der Waals surface area contributed by atoms with E-state index < -0.39 is 35.6 Å². The number of piperidine rings is 1. The van der Waals surface area contributed by atoms with Gasteiger partial charge >= 0.3 is 0 Å². The second-order valence-electron chi connectivity index (χ2n) is 12.3. The molecule has 1 saturated heterocycles. The van der Waals surface area contributed by atoms with Crippen LogP contribution in [0.3, 0.4) is 0 Å². The number of carbonyl (C=O) groups excluding carboxylic acids is 6. The van der Waals surface area contributed by atoms with Crippen LogP contribution in [0.4, 0.5) is 11.4 Å². The van der Waals surface area contributed by atoms with Crippen LogP contribution in [-0.2, 0) is 35.2 Å². The van der Waals surface area contributed by atoms with E-state index in [0.29, 0.717) is 58.0 Å². The van der Waals surface area contributed by atoms with Gasteiger partial charge in [-0.2, -0.15) is 0 Å². The Morgan fingerprint density at radius 2 is 1.60 bits per heavy atom. The van der Waals surface area contributed by atoms with Crippen molar-refractivity contribution in [3.63, 3.8) is 0 Å². The highest BCUT2D eigenvalue weighted by atomic mass is 16.5. The van der Waals surface area contributed by atoms with Crippen molar-refractivity contribution in [3.05, 3.63) is 59.2 Å². The third-order valence-electron chi connectivity index (χ3n) is 8.39. The highest BCUT2D eigenvalue weighted by Crippen LogP contribution is 2.32. The maximum Gasteiger partial charge on any atom is 0.264 e. The van der Waals surface area contributed by atoms with Gasteiger partial charge in [0.2, 0.25) is 23.6 Å². The number of hydrogen-bond acceptors (Lipinski definition) is 11. The molecule has 0 saturated carbocycles. The largest absolute Gasteiger partial charge is 0.382 e. The maximum absolute atomic E-state index is 13.2. The van der Waals surface area contributed by atoms with Gasteiger partial charge in [-0.15, -0.1) is 0 Å². The first-order valence-electron chi connectivity index (χ1n) is 16.9. The summed E-state index contributed by atoms with van der Waals surface area (Å²) < 4.78 is 11.4. The Kier molecular flexibility index (Phi) is 14.8. The first kappa shape index (κ1) is 38.1. The van der Waals surface area contributed by atoms with E-state index in [1.54, 1.807) is 23.7 Å². The standard InChI is InChI=1S/C35H46N6O9/c1-40(23-24-11-13-25(14-12-24)37-29(42)9-4-2-3-5-10-31(44)39-48)18-20-50-22-21-49-19-17-36-27-8-6-7-26-32(27)35(47)41(34(26)46)28-15-16-30(43)38-33(28)45/h6-8,11-14,28,36,48H,2-5,9-10,15-23H2,1H3,(H,37,42)(H,39,44)(H,38,43,45). The smallest absolute Gasteiger partial charge is 0.264 e. The molecule has 15 heteroatoms. The predicted octanol–water partition coefficient (Wildman–Crippen LogP) is 2.45. The third kappa shape index (κ3) is 11.2. The number of nitrogens with zero attached hydrogens (tertiary/aromatic N) is 2. The molecular formula is C35H46N6O9. The summed E-state index contributed by atoms with van der Waals surface area (Å²) in [4.78, 5) is 76.3. The molecule has 0 radical (unpaired) electrons. The number of imide groups is 2. The van der Waals surface area contributed by atoms with E-state index in [9.17, 15) is 28.8 Å². The molecule has 15 nitrogen and oxygen atoms in total. The lowest BCUT2D eigenvalue weighted by atomic mass is 10.0. The second-order valence-corrected chi connectivity index (χ2v) is 12.3. The van der Waals surface area contributed by atoms with E-state index in [2.05, 4.69) is 20.9 Å². The van der Waals surface area contributed by atoms with Crippen molar-refractivity contribution >= 4 is 46.8 Å². The summed E-state index contributed by atoms with van der Waals surface area (Å²) in [7, 11) is 2.00. The SMILES string of the molecule is CN(CCOCCOCCNc1cccc2c1C(=O)N(C1CCC(=O)NC1=O)C2=O)Cc1ccc(NC(=O)CCCCCCC(=O)NO)cc1. The maximum atomic E-state index is 13.2. The van der Waals surface area contributed by atoms with Crippen LogP contribution in [0.5, 0.6) is 0 Å². The van der Waals surface area contributed by atoms with E-state index in [0.717, 1.165) is 42.0 Å². The van der Waals surface area contributed by atoms with Gasteiger partial charge in [0.1, 0.15) is 6.04 Å². The highest BCUT2D eigenvalue weighted by Gasteiger charge is 2.45. The Labute approximate surface area is 291 Å². The predicted molar refractivity (Wildman–Crippen MR) is 182 cm³/mol. The Morgan fingerprint density at radius 1 is 0.900 bits per heavy atom. The lowest BCUT2D eigenvalue weighted by Gasteiger charge is -2.27. The van der Waals surface area contributed by atoms with Crippen LogP contribution in [0.2, 0.25) is 0 Å². The van der Waals surface area contributed by atoms with Crippen LogP contribution in [0.15, 0.2) is 42.5 Å². The topological polar surface area (TPSA) is 196 Å². The fourth-order valence-electron chi connectivity index (χ4n) is 5.75. The van der Waals surface area contributed by atoms with Crippen molar-refractivity contribution in [3.8, 4) is 0 Å². The molecular weight excluding hydrogens is 648 g/mol. The number of rotatable bonds is 21. The number of anilines is 2. The summed E-state index contributed by atoms with van der Waals surface area (Å²) in [5, 5.41) is 16.7. The molecule has 1 fully saturated rings. The Balaban J connectivity index is 1.04. The highest BCUT2D eigenvalue weighted by molar-refractivity contribution is 6.25. The second kappa shape index (κ2) is 19.5. The minimum absolute atomic E-state index is 0.0472. The van der Waals surface area contributed by atoms with E-state index in [1.807, 2.05) is 31.3 Å². The molecule has 2 aliphatic heterocycles. The number of hydrogen-bond donors (Lipinski definition) is 5. The normalized spacial score (nSPS) is 15.7. The number of carbonyl (C=O) groups is 6. The first-order chi connectivity index (χ1) is 24.2. The molecule has 1 unspecified atom stereocenters. The molecule has 0 spiro atoms. The van der Waals surface area contributed by atoms with Gasteiger partial charge in [0, 0.05) is 50.3 Å². The van der Waals surface area contributed by atoms with Gasteiger partial charge < -0.3 is 20.1 Å². The van der Waals surface area contributed by atoms with Gasteiger partial charge in [0.25, 0.3) is 11.8 Å². The number of likely N-dealkylation sites (N-methyl/N-ethyl adjacent to an activating group) is 1. The molecule has 1 atom stereocenters. The lowest BCUT2D eigenvalue weighted by molar-refractivity contribution is -0.136. The molecule has 6 amide bonds. The zero-order valence-corrected chi connectivity index (χ0v) is 28.3. The van der Waals surface area contributed by atoms with Crippen molar-refractivity contribution in [1.29, 1.82) is 0 Å². The van der Waals surface area contributed by atoms with Crippen molar-refractivity contribution in [1.82, 2.24) is 20.6 Å². The number of unbranched alkanes of at least 4 members (excludes halogenated alkanes) is 3. The number of fused-ring (bicyclic) bond motifs is 1. The number of nitrogens with one attached hydrogen (secondary N) is 4. The fraction of sp³-hybridized carbons (Fsp3) is 0.486. The van der Waals surface area contributed by atoms with E-state index >= 15 is 0 Å². The fourth-order valence-corrected chi connectivity index (χ4v) is 5.75. The van der Waals surface area contributed by atoms with Gasteiger partial charge in [0.15, 0.2) is 0 Å². The Hall–Kier alpha value is -4.70. The summed E-state index contributed by atoms with van der Waals surface area (Å²) in [5.41, 5.74) is 4.36. The minimum atomic E-state index is -1.01. The quantitative estimate of drug-likeness (QED) is 0.0557. The molecule has 2 aromatic carbocycles. The molecule has 0 bridgehead atoms. The molecule has 2 heterocycles. The average molecular weight is 695 g/mol. The molecule has 2 aliphatic rings. The Morgan fingerprint density at radius 3 is 2.30 bits per heavy atom. The zero-order chi connectivity index (χ0) is 35.9. The minimum Gasteiger partial charge on any atom is -0.382 e. The van der Waals surface area contributed by atoms with Gasteiger partial charge in [-0.3, -0.25) is 49.1 Å². The van der Waals surface area contributed by atoms with E-state index in [1.165, 1.54) is 0 Å². The van der Waals surface area contributed by atoms with Crippen molar-refractivity contribution in [2.75, 3.05) is 57.2 Å². The van der Waals surface area contributed by atoms with Gasteiger partial charge in [0.05, 0.1) is 37.6 Å². The average Bonchev–Trinajstić information content (AvgIpc) is 3.35. The van der Waals surface area contributed by atoms with Crippen LogP contribution in [0.25, 0.3) is 0 Å². The first-order valence-corrected chi connectivity index (χ1v) is 16.9. The number of hydroxylamine groups is 1. The van der Waals surface area contributed by atoms with Gasteiger partial charge in [-0.1, -0.05) is 31.0 Å². The summed E-state index contributed by atoms with van der Waals surface area (Å²) >= 11 is 0. The summed E-state index contributed by atoms with van der Waals surface area (Å²) in [6.45, 7) is 3.49. The molecule has 4 rings (SSSR count). The zero-order valence-electron chi connectivity index (χ0n) is 28.3. The van der Waals surface area contributed by atoms with Crippen LogP contribution in [0, 0.1) is 0 Å². The lowest BCUT2D eigenvalue weighted by Crippen LogP contribution is -2.54.